The Kier molecular flexibility index (Phi) is 3.56. The van der Waals surface area contributed by atoms with Crippen molar-refractivity contribution in [3.63, 3.8) is 0 Å². The van der Waals surface area contributed by atoms with Gasteiger partial charge in [0, 0.05) is 44.9 Å². The van der Waals surface area contributed by atoms with Gasteiger partial charge < -0.3 is 4.98 Å². The lowest BCUT2D eigenvalue weighted by molar-refractivity contribution is 0.0993. The predicted octanol–water partition coefficient (Wildman–Crippen LogP) is 5.32. The number of aromatic nitrogens is 1. The van der Waals surface area contributed by atoms with Crippen LogP contribution in [0, 0.1) is 0 Å². The van der Waals surface area contributed by atoms with Gasteiger partial charge in [0.05, 0.1) is 0 Å². The topological polar surface area (TPSA) is 32.9 Å². The van der Waals surface area contributed by atoms with Crippen molar-refractivity contribution in [1.82, 2.24) is 4.98 Å². The van der Waals surface area contributed by atoms with Gasteiger partial charge in [0.2, 0.25) is 0 Å². The van der Waals surface area contributed by atoms with E-state index < -0.39 is 0 Å². The van der Waals surface area contributed by atoms with E-state index in [0.717, 1.165) is 27.1 Å². The number of aromatic amines is 1. The minimum atomic E-state index is 0.165. The third-order valence-electron chi connectivity index (χ3n) is 3.98. The zero-order chi connectivity index (χ0) is 15.6. The molecule has 3 heteroatoms. The molecule has 0 fully saturated rings. The summed E-state index contributed by atoms with van der Waals surface area (Å²) in [5.41, 5.74) is 4.12. The van der Waals surface area contributed by atoms with Crippen molar-refractivity contribution in [2.24, 2.45) is 0 Å². The summed E-state index contributed by atoms with van der Waals surface area (Å²) in [6.45, 7) is 0. The van der Waals surface area contributed by atoms with Crippen LogP contribution in [0.15, 0.2) is 72.2 Å². The Labute approximate surface area is 138 Å². The van der Waals surface area contributed by atoms with Crippen LogP contribution in [0.3, 0.4) is 0 Å². The molecular weight excluding hydrogens is 302 g/mol. The monoisotopic (exact) mass is 317 g/mol. The van der Waals surface area contributed by atoms with Crippen molar-refractivity contribution in [3.05, 3.63) is 83.4 Å². The normalized spacial score (nSPS) is 11.0. The first kappa shape index (κ1) is 14.0. The maximum absolute atomic E-state index is 12.5. The quantitative estimate of drug-likeness (QED) is 0.508. The number of thiophene rings is 1. The van der Waals surface area contributed by atoms with Gasteiger partial charge in [-0.05, 0) is 17.7 Å². The van der Waals surface area contributed by atoms with Crippen molar-refractivity contribution in [3.8, 4) is 10.4 Å². The molecule has 0 saturated heterocycles. The molecule has 0 radical (unpaired) electrons. The van der Waals surface area contributed by atoms with Gasteiger partial charge in [-0.15, -0.1) is 11.3 Å². The summed E-state index contributed by atoms with van der Waals surface area (Å²) < 4.78 is 0. The number of benzene rings is 2. The zero-order valence-corrected chi connectivity index (χ0v) is 13.3. The Balaban J connectivity index is 1.63. The Morgan fingerprint density at radius 3 is 2.65 bits per heavy atom. The van der Waals surface area contributed by atoms with Crippen molar-refractivity contribution < 1.29 is 4.79 Å². The van der Waals surface area contributed by atoms with Crippen molar-refractivity contribution in [2.75, 3.05) is 0 Å². The summed E-state index contributed by atoms with van der Waals surface area (Å²) >= 11 is 1.62. The number of carbonyl (C=O) groups is 1. The van der Waals surface area contributed by atoms with Crippen LogP contribution in [-0.2, 0) is 6.42 Å². The molecule has 0 aliphatic carbocycles. The van der Waals surface area contributed by atoms with Crippen LogP contribution in [-0.4, -0.2) is 10.8 Å². The molecule has 112 valence electrons. The van der Waals surface area contributed by atoms with Crippen LogP contribution in [0.5, 0.6) is 0 Å². The number of hydrogen-bond donors (Lipinski definition) is 1. The third-order valence-corrected chi connectivity index (χ3v) is 4.95. The van der Waals surface area contributed by atoms with Crippen molar-refractivity contribution >= 4 is 28.0 Å². The second-order valence-corrected chi connectivity index (χ2v) is 6.44. The molecule has 2 heterocycles. The Morgan fingerprint density at radius 2 is 1.78 bits per heavy atom. The number of carbonyl (C=O) groups excluding carboxylic acids is 1. The summed E-state index contributed by atoms with van der Waals surface area (Å²) in [5, 5.41) is 3.15. The molecule has 0 spiro atoms. The number of rotatable bonds is 4. The molecule has 4 rings (SSSR count). The number of nitrogens with one attached hydrogen (secondary N) is 1. The molecule has 0 amide bonds. The van der Waals surface area contributed by atoms with Crippen LogP contribution >= 0.6 is 11.3 Å². The number of hydrogen-bond acceptors (Lipinski definition) is 2. The van der Waals surface area contributed by atoms with Gasteiger partial charge in [0.1, 0.15) is 0 Å². The average molecular weight is 317 g/mol. The maximum Gasteiger partial charge on any atom is 0.168 e. The van der Waals surface area contributed by atoms with Gasteiger partial charge in [0.25, 0.3) is 0 Å². The van der Waals surface area contributed by atoms with Gasteiger partial charge in [-0.2, -0.15) is 0 Å². The number of H-pyrrole nitrogens is 1. The van der Waals surface area contributed by atoms with Gasteiger partial charge in [-0.3, -0.25) is 4.79 Å². The summed E-state index contributed by atoms with van der Waals surface area (Å²) in [6.07, 6.45) is 2.47. The van der Waals surface area contributed by atoms with Crippen molar-refractivity contribution in [2.45, 2.75) is 6.42 Å². The van der Waals surface area contributed by atoms with Crippen LogP contribution in [0.1, 0.15) is 15.9 Å². The lowest BCUT2D eigenvalue weighted by atomic mass is 10.0. The molecule has 0 aliphatic rings. The highest BCUT2D eigenvalue weighted by molar-refractivity contribution is 7.14. The van der Waals surface area contributed by atoms with E-state index in [0.29, 0.717) is 6.42 Å². The number of fused-ring (bicyclic) bond motifs is 1. The molecule has 0 atom stereocenters. The minimum Gasteiger partial charge on any atom is -0.361 e. The lowest BCUT2D eigenvalue weighted by Gasteiger charge is -1.98. The van der Waals surface area contributed by atoms with Crippen LogP contribution in [0.2, 0.25) is 0 Å². The molecule has 2 nitrogen and oxygen atoms in total. The largest absolute Gasteiger partial charge is 0.361 e. The van der Waals surface area contributed by atoms with Crippen LogP contribution in [0.25, 0.3) is 21.3 Å². The first-order valence-electron chi connectivity index (χ1n) is 7.53. The molecule has 0 saturated carbocycles. The molecule has 4 aromatic rings. The van der Waals surface area contributed by atoms with E-state index in [1.165, 1.54) is 5.39 Å². The molecule has 0 aliphatic heterocycles. The van der Waals surface area contributed by atoms with Gasteiger partial charge >= 0.3 is 0 Å². The average Bonchev–Trinajstić information content (AvgIpc) is 3.22. The number of para-hydroxylation sites is 1. The standard InChI is InChI=1S/C20H15NOS/c22-19(10-14-6-2-1-3-7-14)15-11-20(23-13-15)17-12-21-18-9-5-4-8-16(17)18/h1-9,11-13,21H,10H2. The molecule has 0 unspecified atom stereocenters. The van der Waals surface area contributed by atoms with Crippen LogP contribution < -0.4 is 0 Å². The smallest absolute Gasteiger partial charge is 0.168 e. The van der Waals surface area contributed by atoms with Gasteiger partial charge in [-0.1, -0.05) is 48.5 Å². The fraction of sp³-hybridized carbons (Fsp3) is 0.0500. The Bertz CT molecular complexity index is 965. The second kappa shape index (κ2) is 5.86. The number of Topliss-reactive ketones (excluding diaryl/α,β-unsaturated/α-hetero) is 1. The first-order chi connectivity index (χ1) is 11.3. The highest BCUT2D eigenvalue weighted by Crippen LogP contribution is 2.33. The second-order valence-electron chi connectivity index (χ2n) is 5.53. The first-order valence-corrected chi connectivity index (χ1v) is 8.41. The summed E-state index contributed by atoms with van der Waals surface area (Å²) in [5.74, 6) is 0.165. The molecule has 2 aromatic carbocycles. The molecule has 0 bridgehead atoms. The number of ketones is 1. The van der Waals surface area contributed by atoms with E-state index in [4.69, 9.17) is 0 Å². The minimum absolute atomic E-state index is 0.165. The molecule has 23 heavy (non-hydrogen) atoms. The fourth-order valence-corrected chi connectivity index (χ4v) is 3.73. The summed E-state index contributed by atoms with van der Waals surface area (Å²) in [6, 6.07) is 20.1. The van der Waals surface area contributed by atoms with E-state index in [1.54, 1.807) is 11.3 Å². The van der Waals surface area contributed by atoms with E-state index in [1.807, 2.05) is 60.1 Å². The van der Waals surface area contributed by atoms with E-state index >= 15 is 0 Å². The Morgan fingerprint density at radius 1 is 1.00 bits per heavy atom. The van der Waals surface area contributed by atoms with Crippen LogP contribution in [0.4, 0.5) is 0 Å². The Hall–Kier alpha value is -2.65. The van der Waals surface area contributed by atoms with Gasteiger partial charge in [0.15, 0.2) is 5.78 Å². The van der Waals surface area contributed by atoms with E-state index in [-0.39, 0.29) is 5.78 Å². The lowest BCUT2D eigenvalue weighted by Crippen LogP contribution is -2.01. The van der Waals surface area contributed by atoms with E-state index in [9.17, 15) is 4.79 Å². The fourth-order valence-electron chi connectivity index (χ4n) is 2.78. The highest BCUT2D eigenvalue weighted by atomic mass is 32.1. The predicted molar refractivity (Wildman–Crippen MR) is 96.1 cm³/mol. The molecule has 1 N–H and O–H groups in total. The molecule has 2 aromatic heterocycles. The third kappa shape index (κ3) is 2.71. The van der Waals surface area contributed by atoms with Crippen molar-refractivity contribution in [1.29, 1.82) is 0 Å². The maximum atomic E-state index is 12.5. The summed E-state index contributed by atoms with van der Waals surface area (Å²) in [4.78, 5) is 16.9. The summed E-state index contributed by atoms with van der Waals surface area (Å²) in [7, 11) is 0. The highest BCUT2D eigenvalue weighted by Gasteiger charge is 2.13. The van der Waals surface area contributed by atoms with Gasteiger partial charge in [-0.25, -0.2) is 0 Å². The van der Waals surface area contributed by atoms with E-state index in [2.05, 4.69) is 17.1 Å². The zero-order valence-electron chi connectivity index (χ0n) is 12.5. The SMILES string of the molecule is O=C(Cc1ccccc1)c1csc(-c2c[nH]c3ccccc23)c1. The molecular formula is C20H15NOS.